The van der Waals surface area contributed by atoms with Crippen LogP contribution in [0, 0.1) is 0 Å². The van der Waals surface area contributed by atoms with Crippen LogP contribution in [0.4, 0.5) is 0 Å². The molecule has 0 radical (unpaired) electrons. The average Bonchev–Trinajstić information content (AvgIpc) is 2.31. The normalized spacial score (nSPS) is 14.4. The fourth-order valence-electron chi connectivity index (χ4n) is 1.95. The van der Waals surface area contributed by atoms with E-state index < -0.39 is 0 Å². The van der Waals surface area contributed by atoms with Gasteiger partial charge in [0.05, 0.1) is 0 Å². The monoisotopic (exact) mass is 256 g/mol. The van der Waals surface area contributed by atoms with Crippen molar-refractivity contribution in [1.82, 2.24) is 15.5 Å². The molecule has 0 aromatic carbocycles. The summed E-state index contributed by atoms with van der Waals surface area (Å²) in [4.78, 5) is 6.71. The summed E-state index contributed by atoms with van der Waals surface area (Å²) >= 11 is 0. The Kier molecular flexibility index (Phi) is 8.81. The highest BCUT2D eigenvalue weighted by Gasteiger charge is 2.12. The van der Waals surface area contributed by atoms with Gasteiger partial charge in [-0.3, -0.25) is 9.89 Å². The van der Waals surface area contributed by atoms with E-state index in [9.17, 15) is 0 Å². The van der Waals surface area contributed by atoms with Crippen LogP contribution in [0.2, 0.25) is 0 Å². The van der Waals surface area contributed by atoms with Crippen molar-refractivity contribution in [2.45, 2.75) is 66.1 Å². The van der Waals surface area contributed by atoms with Crippen molar-refractivity contribution in [3.63, 3.8) is 0 Å². The minimum Gasteiger partial charge on any atom is -0.355 e. The van der Waals surface area contributed by atoms with Crippen LogP contribution >= 0.6 is 0 Å². The zero-order valence-electron chi connectivity index (χ0n) is 13.2. The van der Waals surface area contributed by atoms with Crippen molar-refractivity contribution in [1.29, 1.82) is 0 Å². The van der Waals surface area contributed by atoms with Gasteiger partial charge in [0.15, 0.2) is 5.96 Å². The number of nitrogens with zero attached hydrogens (tertiary/aromatic N) is 2. The summed E-state index contributed by atoms with van der Waals surface area (Å²) in [6.07, 6.45) is 1.10. The van der Waals surface area contributed by atoms with Gasteiger partial charge < -0.3 is 10.6 Å². The van der Waals surface area contributed by atoms with Gasteiger partial charge in [0, 0.05) is 38.3 Å². The summed E-state index contributed by atoms with van der Waals surface area (Å²) < 4.78 is 0. The Morgan fingerprint density at radius 2 is 1.67 bits per heavy atom. The van der Waals surface area contributed by atoms with E-state index in [4.69, 9.17) is 0 Å². The number of aliphatic imine (C=N–C) groups is 1. The van der Waals surface area contributed by atoms with Gasteiger partial charge in [0.1, 0.15) is 0 Å². The quantitative estimate of drug-likeness (QED) is 0.541. The third-order valence-corrected chi connectivity index (χ3v) is 3.21. The molecule has 2 N–H and O–H groups in total. The molecular weight excluding hydrogens is 224 g/mol. The molecule has 108 valence electrons. The van der Waals surface area contributed by atoms with Crippen LogP contribution in [0.15, 0.2) is 4.99 Å². The fraction of sp³-hybridized carbons (Fsp3) is 0.929. The Bertz CT molecular complexity index is 228. The van der Waals surface area contributed by atoms with E-state index in [0.717, 1.165) is 25.5 Å². The van der Waals surface area contributed by atoms with E-state index in [2.05, 4.69) is 62.1 Å². The van der Waals surface area contributed by atoms with Crippen molar-refractivity contribution in [3.8, 4) is 0 Å². The molecule has 0 spiro atoms. The molecule has 0 saturated heterocycles. The van der Waals surface area contributed by atoms with Crippen molar-refractivity contribution in [2.75, 3.05) is 20.1 Å². The second kappa shape index (κ2) is 9.20. The van der Waals surface area contributed by atoms with Crippen LogP contribution in [0.1, 0.15) is 48.0 Å². The molecule has 0 rings (SSSR count). The number of nitrogens with one attached hydrogen (secondary N) is 2. The maximum atomic E-state index is 4.24. The molecule has 1 unspecified atom stereocenters. The second-order valence-corrected chi connectivity index (χ2v) is 5.38. The van der Waals surface area contributed by atoms with Gasteiger partial charge in [0.25, 0.3) is 0 Å². The first kappa shape index (κ1) is 17.2. The third-order valence-electron chi connectivity index (χ3n) is 3.21. The molecule has 0 bridgehead atoms. The molecule has 0 amide bonds. The molecule has 0 aliphatic rings. The largest absolute Gasteiger partial charge is 0.355 e. The van der Waals surface area contributed by atoms with E-state index in [1.165, 1.54) is 0 Å². The number of hydrogen-bond acceptors (Lipinski definition) is 2. The molecule has 0 aliphatic carbocycles. The van der Waals surface area contributed by atoms with E-state index in [-0.39, 0.29) is 0 Å². The van der Waals surface area contributed by atoms with E-state index >= 15 is 0 Å². The molecule has 0 aromatic rings. The average molecular weight is 256 g/mol. The Labute approximate surface area is 113 Å². The van der Waals surface area contributed by atoms with Gasteiger partial charge in [-0.2, -0.15) is 0 Å². The summed E-state index contributed by atoms with van der Waals surface area (Å²) in [6, 6.07) is 1.62. The predicted molar refractivity (Wildman–Crippen MR) is 81.2 cm³/mol. The summed E-state index contributed by atoms with van der Waals surface area (Å²) in [5.74, 6) is 0.900. The first-order valence-electron chi connectivity index (χ1n) is 7.15. The Hall–Kier alpha value is -0.770. The van der Waals surface area contributed by atoms with E-state index in [1.807, 2.05) is 7.05 Å². The van der Waals surface area contributed by atoms with Crippen molar-refractivity contribution in [3.05, 3.63) is 0 Å². The Morgan fingerprint density at radius 3 is 2.06 bits per heavy atom. The summed E-state index contributed by atoms with van der Waals surface area (Å²) in [5, 5.41) is 6.74. The standard InChI is InChI=1S/C14H32N4/c1-8-13(6)17-14(15-7)16-9-10-18(11(2)3)12(4)5/h11-13H,8-10H2,1-7H3,(H2,15,16,17). The first-order chi connectivity index (χ1) is 8.42. The van der Waals surface area contributed by atoms with Crippen LogP contribution in [0.25, 0.3) is 0 Å². The smallest absolute Gasteiger partial charge is 0.191 e. The molecule has 0 aliphatic heterocycles. The van der Waals surface area contributed by atoms with Crippen LogP contribution in [0.3, 0.4) is 0 Å². The lowest BCUT2D eigenvalue weighted by Crippen LogP contribution is -2.47. The highest BCUT2D eigenvalue weighted by molar-refractivity contribution is 5.79. The molecule has 1 atom stereocenters. The van der Waals surface area contributed by atoms with Crippen molar-refractivity contribution < 1.29 is 0 Å². The maximum Gasteiger partial charge on any atom is 0.191 e. The lowest BCUT2D eigenvalue weighted by molar-refractivity contribution is 0.178. The van der Waals surface area contributed by atoms with Gasteiger partial charge in [-0.15, -0.1) is 0 Å². The maximum absolute atomic E-state index is 4.24. The zero-order valence-corrected chi connectivity index (χ0v) is 13.2. The Morgan fingerprint density at radius 1 is 1.11 bits per heavy atom. The summed E-state index contributed by atoms with van der Waals surface area (Å²) in [7, 11) is 1.82. The van der Waals surface area contributed by atoms with Crippen molar-refractivity contribution in [2.24, 2.45) is 4.99 Å². The van der Waals surface area contributed by atoms with Gasteiger partial charge >= 0.3 is 0 Å². The molecule has 0 fully saturated rings. The SMILES string of the molecule is CCC(C)NC(=NC)NCCN(C(C)C)C(C)C. The van der Waals surface area contributed by atoms with Gasteiger partial charge in [-0.1, -0.05) is 6.92 Å². The van der Waals surface area contributed by atoms with Gasteiger partial charge in [0.2, 0.25) is 0 Å². The molecular formula is C14H32N4. The van der Waals surface area contributed by atoms with Gasteiger partial charge in [-0.25, -0.2) is 0 Å². The van der Waals surface area contributed by atoms with Crippen molar-refractivity contribution >= 4 is 5.96 Å². The minimum absolute atomic E-state index is 0.461. The number of rotatable bonds is 7. The third kappa shape index (κ3) is 6.84. The molecule has 0 heterocycles. The first-order valence-corrected chi connectivity index (χ1v) is 7.15. The predicted octanol–water partition coefficient (Wildman–Crippen LogP) is 2.07. The van der Waals surface area contributed by atoms with Crippen LogP contribution in [0.5, 0.6) is 0 Å². The van der Waals surface area contributed by atoms with E-state index in [0.29, 0.717) is 18.1 Å². The lowest BCUT2D eigenvalue weighted by atomic mass is 10.2. The number of guanidine groups is 1. The molecule has 0 aromatic heterocycles. The lowest BCUT2D eigenvalue weighted by Gasteiger charge is -2.30. The van der Waals surface area contributed by atoms with Gasteiger partial charge in [-0.05, 0) is 41.0 Å². The summed E-state index contributed by atoms with van der Waals surface area (Å²) in [5.41, 5.74) is 0. The molecule has 4 nitrogen and oxygen atoms in total. The Balaban J connectivity index is 4.07. The second-order valence-electron chi connectivity index (χ2n) is 5.38. The zero-order chi connectivity index (χ0) is 14.1. The summed E-state index contributed by atoms with van der Waals surface area (Å²) in [6.45, 7) is 15.3. The molecule has 0 saturated carbocycles. The van der Waals surface area contributed by atoms with Crippen LogP contribution in [-0.2, 0) is 0 Å². The van der Waals surface area contributed by atoms with Crippen LogP contribution < -0.4 is 10.6 Å². The topological polar surface area (TPSA) is 39.7 Å². The minimum atomic E-state index is 0.461. The van der Waals surface area contributed by atoms with Crippen LogP contribution in [-0.4, -0.2) is 49.1 Å². The fourth-order valence-corrected chi connectivity index (χ4v) is 1.95. The highest BCUT2D eigenvalue weighted by Crippen LogP contribution is 2.03. The number of hydrogen-bond donors (Lipinski definition) is 2. The highest BCUT2D eigenvalue weighted by atomic mass is 15.2. The molecule has 4 heteroatoms. The van der Waals surface area contributed by atoms with E-state index in [1.54, 1.807) is 0 Å². The molecule has 18 heavy (non-hydrogen) atoms.